The minimum absolute atomic E-state index is 0.213. The molecular formula is C14H10F4N2. The van der Waals surface area contributed by atoms with Gasteiger partial charge in [-0.3, -0.25) is 5.43 Å². The minimum Gasteiger partial charge on any atom is -0.279 e. The van der Waals surface area contributed by atoms with Crippen LogP contribution in [-0.4, -0.2) is 6.21 Å². The van der Waals surface area contributed by atoms with E-state index >= 15 is 0 Å². The molecule has 0 aromatic heterocycles. The molecule has 0 atom stereocenters. The van der Waals surface area contributed by atoms with Crippen LogP contribution in [-0.2, 0) is 0 Å². The second-order valence-electron chi connectivity index (χ2n) is 3.93. The Bertz CT molecular complexity index is 612. The molecule has 0 aliphatic carbocycles. The number of nitrogens with zero attached hydrogens (tertiary/aromatic N) is 1. The van der Waals surface area contributed by atoms with Gasteiger partial charge in [0.05, 0.1) is 17.5 Å². The van der Waals surface area contributed by atoms with E-state index in [1.165, 1.54) is 0 Å². The Labute approximate surface area is 112 Å². The molecule has 2 aromatic rings. The van der Waals surface area contributed by atoms with Gasteiger partial charge in [-0.25, -0.2) is 17.6 Å². The van der Waals surface area contributed by atoms with Crippen molar-refractivity contribution in [1.29, 1.82) is 0 Å². The van der Waals surface area contributed by atoms with E-state index in [2.05, 4.69) is 10.5 Å². The monoisotopic (exact) mass is 282 g/mol. The summed E-state index contributed by atoms with van der Waals surface area (Å²) in [6.07, 6.45) is -2.03. The van der Waals surface area contributed by atoms with Crippen molar-refractivity contribution in [2.24, 2.45) is 5.10 Å². The molecule has 104 valence electrons. The van der Waals surface area contributed by atoms with Gasteiger partial charge in [0.25, 0.3) is 6.43 Å². The van der Waals surface area contributed by atoms with Crippen molar-refractivity contribution in [3.8, 4) is 0 Å². The number of para-hydroxylation sites is 1. The molecule has 0 amide bonds. The van der Waals surface area contributed by atoms with Crippen LogP contribution in [0.4, 0.5) is 23.2 Å². The van der Waals surface area contributed by atoms with Crippen LogP contribution in [0.2, 0.25) is 0 Å². The average Bonchev–Trinajstić information content (AvgIpc) is 2.43. The lowest BCUT2D eigenvalue weighted by Gasteiger charge is -2.04. The van der Waals surface area contributed by atoms with Crippen LogP contribution in [0.3, 0.4) is 0 Å². The van der Waals surface area contributed by atoms with E-state index in [1.807, 2.05) is 6.07 Å². The van der Waals surface area contributed by atoms with Gasteiger partial charge in [-0.2, -0.15) is 5.10 Å². The number of anilines is 1. The van der Waals surface area contributed by atoms with E-state index in [-0.39, 0.29) is 5.56 Å². The summed E-state index contributed by atoms with van der Waals surface area (Å²) in [7, 11) is 0. The van der Waals surface area contributed by atoms with Gasteiger partial charge in [0, 0.05) is 5.56 Å². The summed E-state index contributed by atoms with van der Waals surface area (Å²) in [6, 6.07) is 9.98. The maximum Gasteiger partial charge on any atom is 0.266 e. The molecule has 0 spiro atoms. The van der Waals surface area contributed by atoms with Crippen molar-refractivity contribution in [3.63, 3.8) is 0 Å². The first-order chi connectivity index (χ1) is 9.58. The molecule has 0 bridgehead atoms. The van der Waals surface area contributed by atoms with Crippen LogP contribution in [0, 0.1) is 11.6 Å². The SMILES string of the molecule is Fc1cc(C(F)F)c(F)cc1C=NNc1ccccc1. The first kappa shape index (κ1) is 14.0. The van der Waals surface area contributed by atoms with Gasteiger partial charge >= 0.3 is 0 Å². The number of rotatable bonds is 4. The van der Waals surface area contributed by atoms with Crippen LogP contribution >= 0.6 is 0 Å². The maximum absolute atomic E-state index is 13.5. The van der Waals surface area contributed by atoms with Crippen molar-refractivity contribution in [2.45, 2.75) is 6.43 Å². The summed E-state index contributed by atoms with van der Waals surface area (Å²) in [5, 5.41) is 3.72. The molecule has 2 aromatic carbocycles. The lowest BCUT2D eigenvalue weighted by molar-refractivity contribution is 0.146. The third-order valence-corrected chi connectivity index (χ3v) is 2.52. The summed E-state index contributed by atoms with van der Waals surface area (Å²) >= 11 is 0. The van der Waals surface area contributed by atoms with Gasteiger partial charge in [0.2, 0.25) is 0 Å². The van der Waals surface area contributed by atoms with Gasteiger partial charge in [0.15, 0.2) is 0 Å². The van der Waals surface area contributed by atoms with E-state index in [0.717, 1.165) is 6.21 Å². The Morgan fingerprint density at radius 3 is 2.35 bits per heavy atom. The summed E-state index contributed by atoms with van der Waals surface area (Å²) in [6.45, 7) is 0. The van der Waals surface area contributed by atoms with Crippen molar-refractivity contribution in [1.82, 2.24) is 0 Å². The summed E-state index contributed by atoms with van der Waals surface area (Å²) in [5.41, 5.74) is 2.10. The van der Waals surface area contributed by atoms with Crippen LogP contribution in [0.1, 0.15) is 17.6 Å². The van der Waals surface area contributed by atoms with Crippen molar-refractivity contribution < 1.29 is 17.6 Å². The van der Waals surface area contributed by atoms with Crippen LogP contribution in [0.5, 0.6) is 0 Å². The Hall–Kier alpha value is -2.37. The molecule has 0 radical (unpaired) electrons. The summed E-state index contributed by atoms with van der Waals surface area (Å²) in [4.78, 5) is 0. The third-order valence-electron chi connectivity index (χ3n) is 2.52. The molecule has 0 saturated carbocycles. The molecule has 6 heteroatoms. The highest BCUT2D eigenvalue weighted by Crippen LogP contribution is 2.24. The first-order valence-corrected chi connectivity index (χ1v) is 5.69. The molecule has 0 heterocycles. The Kier molecular flexibility index (Phi) is 4.34. The standard InChI is InChI=1S/C14H10F4N2/c15-12-7-11(14(17)18)13(16)6-9(12)8-19-20-10-4-2-1-3-5-10/h1-8,14,20H. The van der Waals surface area contributed by atoms with E-state index in [4.69, 9.17) is 0 Å². The molecule has 1 N–H and O–H groups in total. The minimum atomic E-state index is -3.06. The zero-order valence-electron chi connectivity index (χ0n) is 10.2. The second kappa shape index (κ2) is 6.18. The fourth-order valence-corrected chi connectivity index (χ4v) is 1.53. The number of hydrogen-bond acceptors (Lipinski definition) is 2. The number of alkyl halides is 2. The molecular weight excluding hydrogens is 272 g/mol. The molecule has 20 heavy (non-hydrogen) atoms. The molecule has 0 unspecified atom stereocenters. The van der Waals surface area contributed by atoms with Gasteiger partial charge in [-0.15, -0.1) is 0 Å². The molecule has 0 saturated heterocycles. The largest absolute Gasteiger partial charge is 0.279 e. The van der Waals surface area contributed by atoms with E-state index in [9.17, 15) is 17.6 Å². The quantitative estimate of drug-likeness (QED) is 0.503. The number of halogens is 4. The predicted molar refractivity (Wildman–Crippen MR) is 69.0 cm³/mol. The van der Waals surface area contributed by atoms with E-state index in [0.29, 0.717) is 17.8 Å². The normalized spacial score (nSPS) is 11.2. The van der Waals surface area contributed by atoms with Crippen LogP contribution in [0.25, 0.3) is 0 Å². The highest BCUT2D eigenvalue weighted by Gasteiger charge is 2.16. The Morgan fingerprint density at radius 1 is 1.00 bits per heavy atom. The smallest absolute Gasteiger partial charge is 0.266 e. The van der Waals surface area contributed by atoms with Crippen LogP contribution in [0.15, 0.2) is 47.6 Å². The summed E-state index contributed by atoms with van der Waals surface area (Å²) < 4.78 is 51.5. The van der Waals surface area contributed by atoms with Gasteiger partial charge in [-0.05, 0) is 24.3 Å². The Balaban J connectivity index is 2.16. The average molecular weight is 282 g/mol. The van der Waals surface area contributed by atoms with Gasteiger partial charge < -0.3 is 0 Å². The van der Waals surface area contributed by atoms with E-state index in [1.54, 1.807) is 24.3 Å². The maximum atomic E-state index is 13.5. The lowest BCUT2D eigenvalue weighted by atomic mass is 10.1. The molecule has 0 fully saturated rings. The number of benzene rings is 2. The number of hydrogen-bond donors (Lipinski definition) is 1. The second-order valence-corrected chi connectivity index (χ2v) is 3.93. The molecule has 2 nitrogen and oxygen atoms in total. The molecule has 0 aliphatic heterocycles. The zero-order valence-corrected chi connectivity index (χ0v) is 10.2. The lowest BCUT2D eigenvalue weighted by Crippen LogP contribution is -1.99. The van der Waals surface area contributed by atoms with Crippen molar-refractivity contribution in [2.75, 3.05) is 5.43 Å². The third kappa shape index (κ3) is 3.34. The Morgan fingerprint density at radius 2 is 1.70 bits per heavy atom. The molecule has 0 aliphatic rings. The van der Waals surface area contributed by atoms with Gasteiger partial charge in [0.1, 0.15) is 11.6 Å². The fraction of sp³-hybridized carbons (Fsp3) is 0.0714. The number of hydrazone groups is 1. The van der Waals surface area contributed by atoms with E-state index < -0.39 is 23.6 Å². The summed E-state index contributed by atoms with van der Waals surface area (Å²) in [5.74, 6) is -2.12. The predicted octanol–water partition coefficient (Wildman–Crippen LogP) is 4.35. The highest BCUT2D eigenvalue weighted by atomic mass is 19.3. The highest BCUT2D eigenvalue weighted by molar-refractivity contribution is 5.80. The molecule has 2 rings (SSSR count). The van der Waals surface area contributed by atoms with Gasteiger partial charge in [-0.1, -0.05) is 18.2 Å². The number of nitrogens with one attached hydrogen (secondary N) is 1. The van der Waals surface area contributed by atoms with Crippen molar-refractivity contribution >= 4 is 11.9 Å². The first-order valence-electron chi connectivity index (χ1n) is 5.69. The zero-order chi connectivity index (χ0) is 14.5. The van der Waals surface area contributed by atoms with Crippen LogP contribution < -0.4 is 5.43 Å². The topological polar surface area (TPSA) is 24.4 Å². The fourth-order valence-electron chi connectivity index (χ4n) is 1.53. The van der Waals surface area contributed by atoms with Crippen molar-refractivity contribution in [3.05, 3.63) is 65.2 Å².